The Morgan fingerprint density at radius 1 is 0.656 bits per heavy atom. The predicted molar refractivity (Wildman–Crippen MR) is 132 cm³/mol. The summed E-state index contributed by atoms with van der Waals surface area (Å²) in [6.45, 7) is 0. The molecule has 0 unspecified atom stereocenters. The molecule has 0 fully saturated rings. The van der Waals surface area contributed by atoms with Gasteiger partial charge < -0.3 is 4.42 Å². The van der Waals surface area contributed by atoms with Gasteiger partial charge in [0, 0.05) is 35.9 Å². The lowest BCUT2D eigenvalue weighted by Gasteiger charge is -2.20. The van der Waals surface area contributed by atoms with E-state index in [9.17, 15) is 0 Å². The van der Waals surface area contributed by atoms with Crippen LogP contribution in [-0.2, 0) is 0 Å². The summed E-state index contributed by atoms with van der Waals surface area (Å²) >= 11 is 9.98. The van der Waals surface area contributed by atoms with Crippen molar-refractivity contribution in [2.45, 2.75) is 19.6 Å². The number of halogens is 1. The molecule has 0 amide bonds. The van der Waals surface area contributed by atoms with Crippen LogP contribution in [0.25, 0.3) is 44.1 Å². The van der Waals surface area contributed by atoms with Crippen LogP contribution in [0.4, 0.5) is 0 Å². The molecule has 0 spiro atoms. The molecule has 32 heavy (non-hydrogen) atoms. The summed E-state index contributed by atoms with van der Waals surface area (Å²) in [5.41, 5.74) is 3.95. The number of fused-ring (bicyclic) bond motifs is 7. The summed E-state index contributed by atoms with van der Waals surface area (Å²) in [6, 6.07) is 27.1. The molecule has 1 aliphatic heterocycles. The van der Waals surface area contributed by atoms with Gasteiger partial charge in [0.2, 0.25) is 5.28 Å². The Morgan fingerprint density at radius 3 is 2.34 bits per heavy atom. The van der Waals surface area contributed by atoms with Gasteiger partial charge in [-0.3, -0.25) is 0 Å². The number of rotatable bonds is 1. The van der Waals surface area contributed by atoms with Crippen molar-refractivity contribution in [3.8, 4) is 11.3 Å². The minimum absolute atomic E-state index is 0.217. The first-order valence-electron chi connectivity index (χ1n) is 10.1. The topological polar surface area (TPSA) is 38.9 Å². The number of hydrogen-bond acceptors (Lipinski definition) is 5. The van der Waals surface area contributed by atoms with Crippen molar-refractivity contribution in [3.63, 3.8) is 0 Å². The molecule has 6 heteroatoms. The minimum atomic E-state index is 0.217. The average Bonchev–Trinajstić information content (AvgIpc) is 3.21. The zero-order chi connectivity index (χ0) is 21.2. The van der Waals surface area contributed by atoms with E-state index < -0.39 is 0 Å². The third kappa shape index (κ3) is 2.72. The second-order valence-corrected chi connectivity index (χ2v) is 10.0. The largest absolute Gasteiger partial charge is 0.451 e. The zero-order valence-corrected chi connectivity index (χ0v) is 18.9. The highest BCUT2D eigenvalue weighted by Crippen LogP contribution is 2.52. The van der Waals surface area contributed by atoms with Gasteiger partial charge in [0.1, 0.15) is 16.8 Å². The molecule has 0 saturated heterocycles. The van der Waals surface area contributed by atoms with Crippen LogP contribution >= 0.6 is 35.1 Å². The molecule has 152 valence electrons. The van der Waals surface area contributed by atoms with Gasteiger partial charge in [-0.05, 0) is 41.3 Å². The van der Waals surface area contributed by atoms with E-state index in [0.717, 1.165) is 43.4 Å². The lowest BCUT2D eigenvalue weighted by Crippen LogP contribution is -1.95. The lowest BCUT2D eigenvalue weighted by molar-refractivity contribution is 0.670. The molecule has 4 aromatic carbocycles. The Hall–Kier alpha value is -2.99. The van der Waals surface area contributed by atoms with Crippen LogP contribution in [0.2, 0.25) is 5.28 Å². The van der Waals surface area contributed by atoms with Crippen LogP contribution in [-0.4, -0.2) is 9.97 Å². The van der Waals surface area contributed by atoms with Gasteiger partial charge >= 0.3 is 0 Å². The summed E-state index contributed by atoms with van der Waals surface area (Å²) in [7, 11) is 0. The Morgan fingerprint density at radius 2 is 1.44 bits per heavy atom. The number of furan rings is 1. The summed E-state index contributed by atoms with van der Waals surface area (Å²) in [4.78, 5) is 14.1. The maximum absolute atomic E-state index is 6.47. The molecule has 1 aliphatic rings. The van der Waals surface area contributed by atoms with E-state index in [2.05, 4.69) is 76.7 Å². The highest BCUT2D eigenvalue weighted by molar-refractivity contribution is 8.05. The van der Waals surface area contributed by atoms with Gasteiger partial charge in [0.25, 0.3) is 0 Å². The Bertz CT molecular complexity index is 1710. The lowest BCUT2D eigenvalue weighted by atomic mass is 10.1. The van der Waals surface area contributed by atoms with Crippen LogP contribution in [0, 0.1) is 0 Å². The van der Waals surface area contributed by atoms with Crippen LogP contribution in [0.5, 0.6) is 0 Å². The fourth-order valence-corrected chi connectivity index (χ4v) is 6.81. The van der Waals surface area contributed by atoms with Crippen molar-refractivity contribution in [2.24, 2.45) is 0 Å². The number of benzene rings is 4. The van der Waals surface area contributed by atoms with E-state index in [1.165, 1.54) is 14.7 Å². The maximum Gasteiger partial charge on any atom is 0.223 e. The smallest absolute Gasteiger partial charge is 0.223 e. The summed E-state index contributed by atoms with van der Waals surface area (Å²) in [5.74, 6) is 0. The van der Waals surface area contributed by atoms with Gasteiger partial charge in [0.05, 0.1) is 0 Å². The second-order valence-electron chi connectivity index (χ2n) is 7.57. The molecule has 0 aliphatic carbocycles. The third-order valence-electron chi connectivity index (χ3n) is 5.69. The van der Waals surface area contributed by atoms with E-state index in [4.69, 9.17) is 16.0 Å². The maximum atomic E-state index is 6.47. The first-order valence-corrected chi connectivity index (χ1v) is 12.1. The first-order chi connectivity index (χ1) is 15.8. The van der Waals surface area contributed by atoms with E-state index in [-0.39, 0.29) is 5.28 Å². The van der Waals surface area contributed by atoms with E-state index >= 15 is 0 Å². The highest BCUT2D eigenvalue weighted by Gasteiger charge is 2.24. The minimum Gasteiger partial charge on any atom is -0.451 e. The van der Waals surface area contributed by atoms with Crippen LogP contribution < -0.4 is 0 Å². The average molecular weight is 469 g/mol. The van der Waals surface area contributed by atoms with Gasteiger partial charge in [0.15, 0.2) is 5.58 Å². The van der Waals surface area contributed by atoms with Gasteiger partial charge in [-0.2, -0.15) is 0 Å². The van der Waals surface area contributed by atoms with Crippen molar-refractivity contribution < 1.29 is 4.42 Å². The van der Waals surface area contributed by atoms with Gasteiger partial charge in [-0.15, -0.1) is 0 Å². The molecule has 0 saturated carbocycles. The Kier molecular flexibility index (Phi) is 4.06. The van der Waals surface area contributed by atoms with Crippen LogP contribution in [0.15, 0.2) is 103 Å². The molecule has 6 aromatic rings. The molecular formula is C26H13ClN2OS2. The number of nitrogens with zero attached hydrogens (tertiary/aromatic N) is 2. The molecule has 0 N–H and O–H groups in total. The van der Waals surface area contributed by atoms with Crippen molar-refractivity contribution in [2.75, 3.05) is 0 Å². The molecule has 0 atom stereocenters. The molecule has 0 radical (unpaired) electrons. The summed E-state index contributed by atoms with van der Waals surface area (Å²) in [5, 5.41) is 3.34. The monoisotopic (exact) mass is 468 g/mol. The normalized spacial score (nSPS) is 12.9. The highest BCUT2D eigenvalue weighted by atomic mass is 35.5. The fourth-order valence-electron chi connectivity index (χ4n) is 4.26. The second kappa shape index (κ2) is 7.01. The van der Waals surface area contributed by atoms with E-state index in [1.54, 1.807) is 23.5 Å². The van der Waals surface area contributed by atoms with E-state index in [1.807, 2.05) is 12.1 Å². The van der Waals surface area contributed by atoms with E-state index in [0.29, 0.717) is 5.58 Å². The summed E-state index contributed by atoms with van der Waals surface area (Å²) < 4.78 is 6.47. The van der Waals surface area contributed by atoms with Crippen molar-refractivity contribution in [1.82, 2.24) is 9.97 Å². The van der Waals surface area contributed by atoms with Crippen LogP contribution in [0.1, 0.15) is 0 Å². The number of aromatic nitrogens is 2. The van der Waals surface area contributed by atoms with Crippen molar-refractivity contribution in [3.05, 3.63) is 84.1 Å². The molecular weight excluding hydrogens is 456 g/mol. The van der Waals surface area contributed by atoms with Gasteiger partial charge in [-0.1, -0.05) is 78.1 Å². The Labute approximate surface area is 196 Å². The Balaban J connectivity index is 1.53. The first kappa shape index (κ1) is 18.6. The van der Waals surface area contributed by atoms with Crippen LogP contribution in [0.3, 0.4) is 0 Å². The summed E-state index contributed by atoms with van der Waals surface area (Å²) in [6.07, 6.45) is 0. The zero-order valence-electron chi connectivity index (χ0n) is 16.5. The molecule has 3 heterocycles. The fraction of sp³-hybridized carbons (Fsp3) is 0. The van der Waals surface area contributed by atoms with Crippen molar-refractivity contribution >= 4 is 68.0 Å². The van der Waals surface area contributed by atoms with Gasteiger partial charge in [-0.25, -0.2) is 9.97 Å². The number of hydrogen-bond donors (Lipinski definition) is 0. The SMILES string of the molecule is Clc1nc(-c2cccc3c2Sc2ccccc2S3)c2oc3c4ccccc4ccc3c2n1. The predicted octanol–water partition coefficient (Wildman–Crippen LogP) is 8.47. The molecule has 7 rings (SSSR count). The molecule has 2 aromatic heterocycles. The quantitative estimate of drug-likeness (QED) is 0.226. The third-order valence-corrected chi connectivity index (χ3v) is 8.48. The molecule has 3 nitrogen and oxygen atoms in total. The standard InChI is InChI=1S/C26H13ClN2OS2/c27-26-28-21-16-13-12-14-6-1-2-7-15(14)23(16)30-24(21)22(29-26)17-8-5-11-20-25(17)32-19-10-4-3-9-18(19)31-20/h1-13H. The molecule has 0 bridgehead atoms. The van der Waals surface area contributed by atoms with Crippen molar-refractivity contribution in [1.29, 1.82) is 0 Å².